The second-order valence-electron chi connectivity index (χ2n) is 3.73. The van der Waals surface area contributed by atoms with Crippen molar-refractivity contribution in [3.05, 3.63) is 36.4 Å². The maximum absolute atomic E-state index is 2.38. The largest absolute Gasteiger partial charge is 0.0544 e. The normalized spacial score (nSPS) is 10.0. The van der Waals surface area contributed by atoms with Crippen LogP contribution in [-0.4, -0.2) is 19.8 Å². The van der Waals surface area contributed by atoms with E-state index in [-0.39, 0.29) is 0 Å². The fraction of sp³-hybridized carbons (Fsp3) is 0.273. The summed E-state index contributed by atoms with van der Waals surface area (Å²) in [6.07, 6.45) is 0. The first-order chi connectivity index (χ1) is 5.68. The van der Waals surface area contributed by atoms with Crippen LogP contribution in [0.5, 0.6) is 0 Å². The molecule has 0 radical (unpaired) electrons. The Kier molecular flexibility index (Phi) is 3.86. The van der Waals surface area contributed by atoms with Crippen LogP contribution >= 0.6 is 0 Å². The molecule has 2 bridgehead atoms. The molecule has 0 aliphatic rings. The van der Waals surface area contributed by atoms with Crippen LogP contribution in [0.1, 0.15) is 0 Å². The number of hydrogen-bond donors (Lipinski definition) is 0. The van der Waals surface area contributed by atoms with Crippen molar-refractivity contribution in [2.75, 3.05) is 0 Å². The first-order valence-corrected chi connectivity index (χ1v) is 14.4. The summed E-state index contributed by atoms with van der Waals surface area (Å²) >= 11 is -0.637. The molecule has 1 heteroatoms. The summed E-state index contributed by atoms with van der Waals surface area (Å²) in [5.41, 5.74) is 0. The van der Waals surface area contributed by atoms with Gasteiger partial charge in [-0.05, 0) is 10.8 Å². The number of rotatable bonds is 0. The molecule has 0 heterocycles. The minimum Gasteiger partial charge on any atom is -0.0544 e. The number of hydrogen-bond acceptors (Lipinski definition) is 0. The van der Waals surface area contributed by atoms with E-state index in [4.69, 9.17) is 0 Å². The molecule has 0 amide bonds. The molecule has 0 nitrogen and oxygen atoms in total. The molecule has 0 unspecified atom stereocenters. The van der Waals surface area contributed by atoms with Crippen LogP contribution in [0.2, 0.25) is 14.8 Å². The van der Waals surface area contributed by atoms with Crippen LogP contribution in [-0.2, 0) is 0 Å². The van der Waals surface area contributed by atoms with Gasteiger partial charge in [-0.15, -0.1) is 0 Å². The van der Waals surface area contributed by atoms with Crippen LogP contribution in [0.3, 0.4) is 0 Å². The summed E-state index contributed by atoms with van der Waals surface area (Å²) < 4.78 is 0. The van der Waals surface area contributed by atoms with Crippen LogP contribution < -0.4 is 0 Å². The van der Waals surface area contributed by atoms with E-state index < -0.39 is 19.8 Å². The fourth-order valence-electron chi connectivity index (χ4n) is 0.911. The third-order valence-electron chi connectivity index (χ3n) is 1.40. The summed E-state index contributed by atoms with van der Waals surface area (Å²) in [6, 6.07) is 12.7. The predicted molar refractivity (Wildman–Crippen MR) is 59.9 cm³/mol. The van der Waals surface area contributed by atoms with Gasteiger partial charge in [0.2, 0.25) is 0 Å². The van der Waals surface area contributed by atoms with E-state index in [1.54, 1.807) is 0 Å². The molecule has 12 heavy (non-hydrogen) atoms. The fourth-order valence-corrected chi connectivity index (χ4v) is 0.911. The van der Waals surface area contributed by atoms with Gasteiger partial charge in [-0.3, -0.25) is 0 Å². The smallest absolute Gasteiger partial charge is 0.0256 e. The third kappa shape index (κ3) is 3.44. The Hall–Kier alpha value is -0.241. The van der Waals surface area contributed by atoms with Gasteiger partial charge >= 0.3 is 34.6 Å². The maximum Gasteiger partial charge on any atom is -0.0256 e. The Morgan fingerprint density at radius 1 is 0.667 bits per heavy atom. The third-order valence-corrected chi connectivity index (χ3v) is 1.40. The Bertz CT molecular complexity index is 234. The molecule has 0 saturated carbocycles. The zero-order chi connectivity index (χ0) is 8.97. The molecule has 3 aromatic carbocycles. The van der Waals surface area contributed by atoms with E-state index in [1.165, 1.54) is 10.8 Å². The average molecular weight is 267 g/mol. The summed E-state index contributed by atoms with van der Waals surface area (Å²) in [7, 11) is 0. The predicted octanol–water partition coefficient (Wildman–Crippen LogP) is 3.38. The monoisotopic (exact) mass is 268 g/mol. The van der Waals surface area contributed by atoms with E-state index in [0.717, 1.165) is 0 Å². The van der Waals surface area contributed by atoms with Gasteiger partial charge in [-0.2, -0.15) is 0 Å². The number of fused-ring (bicyclic) bond motifs is 3. The van der Waals surface area contributed by atoms with Crippen LogP contribution in [0.15, 0.2) is 36.4 Å². The minimum absolute atomic E-state index is 0.637. The Labute approximate surface area is 81.7 Å². The molecule has 0 aliphatic heterocycles. The first-order valence-electron chi connectivity index (χ1n) is 4.46. The zero-order valence-corrected chi connectivity index (χ0v) is 11.3. The van der Waals surface area contributed by atoms with Gasteiger partial charge in [0.25, 0.3) is 0 Å². The summed E-state index contributed by atoms with van der Waals surface area (Å²) in [4.78, 5) is 7.13. The average Bonchev–Trinajstić information content (AvgIpc) is 2.07. The molecule has 0 aliphatic carbocycles. The standard InChI is InChI=1S/C8H6.3CH3.Sn.H/c1-2-8-5-3-7(1)4-6-8;;;;;/h1-6H;3*1H3;;. The van der Waals surface area contributed by atoms with Crippen LogP contribution in [0.25, 0.3) is 10.8 Å². The van der Waals surface area contributed by atoms with Gasteiger partial charge in [0, 0.05) is 0 Å². The molecule has 64 valence electrons. The van der Waals surface area contributed by atoms with Gasteiger partial charge in [-0.1, -0.05) is 36.4 Å². The molecular formula is C11H16Sn. The first kappa shape index (κ1) is 9.84. The van der Waals surface area contributed by atoms with E-state index in [9.17, 15) is 0 Å². The molecule has 0 spiro atoms. The van der Waals surface area contributed by atoms with Gasteiger partial charge in [0.1, 0.15) is 0 Å². The SMILES string of the molecule is [CH3][SnH]([CH3])[CH3].c1cc2ccc1cc2. The maximum atomic E-state index is 2.38. The molecule has 0 atom stereocenters. The topological polar surface area (TPSA) is 0 Å². The zero-order valence-electron chi connectivity index (χ0n) is 8.04. The van der Waals surface area contributed by atoms with Crippen molar-refractivity contribution in [1.82, 2.24) is 0 Å². The van der Waals surface area contributed by atoms with Crippen LogP contribution in [0, 0.1) is 0 Å². The van der Waals surface area contributed by atoms with Crippen molar-refractivity contribution in [3.8, 4) is 0 Å². The van der Waals surface area contributed by atoms with Gasteiger partial charge in [-0.25, -0.2) is 0 Å². The molecule has 0 fully saturated rings. The number of benzene rings is 3. The second-order valence-corrected chi connectivity index (χ2v) is 13.6. The molecule has 3 rings (SSSR count). The van der Waals surface area contributed by atoms with Gasteiger partial charge < -0.3 is 0 Å². The van der Waals surface area contributed by atoms with Crippen molar-refractivity contribution in [1.29, 1.82) is 0 Å². The van der Waals surface area contributed by atoms with Crippen molar-refractivity contribution in [2.45, 2.75) is 14.8 Å². The van der Waals surface area contributed by atoms with E-state index in [2.05, 4.69) is 51.2 Å². The minimum atomic E-state index is -0.637. The summed E-state index contributed by atoms with van der Waals surface area (Å²) in [6.45, 7) is 0. The molecule has 3 aromatic rings. The second kappa shape index (κ2) is 4.70. The Morgan fingerprint density at radius 2 is 0.833 bits per heavy atom. The van der Waals surface area contributed by atoms with Crippen molar-refractivity contribution >= 4 is 30.5 Å². The van der Waals surface area contributed by atoms with E-state index in [1.807, 2.05) is 0 Å². The van der Waals surface area contributed by atoms with Crippen molar-refractivity contribution < 1.29 is 0 Å². The van der Waals surface area contributed by atoms with Gasteiger partial charge in [0.15, 0.2) is 0 Å². The van der Waals surface area contributed by atoms with Crippen molar-refractivity contribution in [3.63, 3.8) is 0 Å². The van der Waals surface area contributed by atoms with E-state index in [0.29, 0.717) is 0 Å². The molecular weight excluding hydrogens is 251 g/mol. The van der Waals surface area contributed by atoms with Gasteiger partial charge in [0.05, 0.1) is 0 Å². The summed E-state index contributed by atoms with van der Waals surface area (Å²) in [5, 5.41) is 2.61. The Morgan fingerprint density at radius 3 is 0.917 bits per heavy atom. The van der Waals surface area contributed by atoms with Crippen LogP contribution in [0.4, 0.5) is 0 Å². The molecule has 0 N–H and O–H groups in total. The quantitative estimate of drug-likeness (QED) is 0.642. The Balaban J connectivity index is 0.000000157. The molecule has 0 saturated heterocycles. The van der Waals surface area contributed by atoms with E-state index >= 15 is 0 Å². The molecule has 0 aromatic heterocycles. The summed E-state index contributed by atoms with van der Waals surface area (Å²) in [5.74, 6) is 0. The van der Waals surface area contributed by atoms with Crippen molar-refractivity contribution in [2.24, 2.45) is 0 Å².